The van der Waals surface area contributed by atoms with Gasteiger partial charge in [0.2, 0.25) is 0 Å². The topological polar surface area (TPSA) is 88.0 Å². The first-order valence-corrected chi connectivity index (χ1v) is 6.35. The summed E-state index contributed by atoms with van der Waals surface area (Å²) in [6.45, 7) is 0.291. The quantitative estimate of drug-likeness (QED) is 0.785. The molecule has 0 saturated heterocycles. The highest BCUT2D eigenvalue weighted by atomic mass is 32.2. The zero-order valence-corrected chi connectivity index (χ0v) is 10.4. The van der Waals surface area contributed by atoms with Crippen LogP contribution >= 0.6 is 11.8 Å². The Balaban J connectivity index is 2.42. The number of hydrogen-bond acceptors (Lipinski definition) is 5. The number of phenols is 1. The molecule has 94 valence electrons. The fraction of sp³-hybridized carbons (Fsp3) is 0.182. The Labute approximate surface area is 106 Å². The van der Waals surface area contributed by atoms with Gasteiger partial charge in [-0.1, -0.05) is 23.9 Å². The van der Waals surface area contributed by atoms with Crippen LogP contribution in [0.4, 0.5) is 0 Å². The first-order valence-electron chi connectivity index (χ1n) is 5.13. The number of aromatic hydroxyl groups is 1. The van der Waals surface area contributed by atoms with E-state index in [0.29, 0.717) is 11.7 Å². The lowest BCUT2D eigenvalue weighted by Gasteiger charge is -2.08. The molecule has 2 rings (SSSR count). The van der Waals surface area contributed by atoms with Crippen molar-refractivity contribution in [3.8, 4) is 5.75 Å². The maximum atomic E-state index is 11.7. The van der Waals surface area contributed by atoms with Crippen molar-refractivity contribution >= 4 is 11.8 Å². The zero-order chi connectivity index (χ0) is 13.1. The van der Waals surface area contributed by atoms with Crippen LogP contribution in [0.15, 0.2) is 39.0 Å². The summed E-state index contributed by atoms with van der Waals surface area (Å²) in [4.78, 5) is 28.6. The van der Waals surface area contributed by atoms with Crippen LogP contribution in [-0.4, -0.2) is 25.9 Å². The Morgan fingerprint density at radius 3 is 2.61 bits per heavy atom. The van der Waals surface area contributed by atoms with Gasteiger partial charge < -0.3 is 5.11 Å². The van der Waals surface area contributed by atoms with E-state index in [1.54, 1.807) is 18.4 Å². The van der Waals surface area contributed by atoms with Crippen molar-refractivity contribution in [3.63, 3.8) is 0 Å². The Morgan fingerprint density at radius 2 is 2.00 bits per heavy atom. The Kier molecular flexibility index (Phi) is 3.52. The van der Waals surface area contributed by atoms with Gasteiger partial charge in [0, 0.05) is 0 Å². The first-order chi connectivity index (χ1) is 8.60. The number of nitrogens with one attached hydrogen (secondary N) is 1. The highest BCUT2D eigenvalue weighted by molar-refractivity contribution is 7.98. The summed E-state index contributed by atoms with van der Waals surface area (Å²) < 4.78 is 1.37. The van der Waals surface area contributed by atoms with E-state index >= 15 is 0 Å². The predicted octanol–water partition coefficient (Wildman–Crippen LogP) is 0.407. The molecule has 0 radical (unpaired) electrons. The second-order valence-corrected chi connectivity index (χ2v) is 4.36. The number of phenolic OH excluding ortho intramolecular Hbond substituents is 1. The Bertz CT molecular complexity index is 660. The third-order valence-electron chi connectivity index (χ3n) is 2.35. The largest absolute Gasteiger partial charge is 0.508 e. The summed E-state index contributed by atoms with van der Waals surface area (Å²) in [5, 5.41) is 9.54. The molecular formula is C11H11N3O3S. The number of thioether (sulfide) groups is 1. The molecule has 0 atom stereocenters. The molecule has 0 aliphatic heterocycles. The molecule has 2 aromatic rings. The highest BCUT2D eigenvalue weighted by Gasteiger charge is 2.07. The average molecular weight is 265 g/mol. The Hall–Kier alpha value is -2.02. The summed E-state index contributed by atoms with van der Waals surface area (Å²) in [5.74, 6) is 0.163. The molecule has 1 aromatic heterocycles. The molecular weight excluding hydrogens is 254 g/mol. The van der Waals surface area contributed by atoms with Crippen molar-refractivity contribution in [1.82, 2.24) is 14.5 Å². The van der Waals surface area contributed by atoms with Gasteiger partial charge >= 0.3 is 11.4 Å². The lowest BCUT2D eigenvalue weighted by atomic mass is 10.2. The second kappa shape index (κ2) is 5.09. The molecule has 6 nitrogen and oxygen atoms in total. The van der Waals surface area contributed by atoms with Crippen molar-refractivity contribution in [2.75, 3.05) is 6.26 Å². The summed E-state index contributed by atoms with van der Waals surface area (Å²) in [6, 6.07) is 6.49. The molecule has 1 heterocycles. The number of aromatic nitrogens is 3. The molecule has 2 N–H and O–H groups in total. The number of rotatable bonds is 3. The summed E-state index contributed by atoms with van der Waals surface area (Å²) in [5.41, 5.74) is -0.308. The summed E-state index contributed by atoms with van der Waals surface area (Å²) >= 11 is 1.23. The van der Waals surface area contributed by atoms with Crippen LogP contribution in [0.3, 0.4) is 0 Å². The smallest absolute Gasteiger partial charge is 0.351 e. The van der Waals surface area contributed by atoms with E-state index in [4.69, 9.17) is 0 Å². The van der Waals surface area contributed by atoms with E-state index in [9.17, 15) is 14.7 Å². The van der Waals surface area contributed by atoms with Gasteiger partial charge in [-0.05, 0) is 24.0 Å². The van der Waals surface area contributed by atoms with E-state index in [1.807, 2.05) is 0 Å². The highest BCUT2D eigenvalue weighted by Crippen LogP contribution is 2.13. The maximum Gasteiger partial charge on any atom is 0.351 e. The van der Waals surface area contributed by atoms with Gasteiger partial charge in [0.15, 0.2) is 5.16 Å². The molecule has 0 saturated carbocycles. The van der Waals surface area contributed by atoms with Crippen LogP contribution in [0.25, 0.3) is 0 Å². The minimum Gasteiger partial charge on any atom is -0.508 e. The molecule has 0 aliphatic rings. The van der Waals surface area contributed by atoms with Gasteiger partial charge in [-0.25, -0.2) is 9.59 Å². The molecule has 0 bridgehead atoms. The van der Waals surface area contributed by atoms with Crippen LogP contribution in [0, 0.1) is 0 Å². The number of H-pyrrole nitrogens is 1. The third kappa shape index (κ3) is 2.62. The summed E-state index contributed by atoms with van der Waals surface area (Å²) in [7, 11) is 0. The minimum absolute atomic E-state index is 0.163. The van der Waals surface area contributed by atoms with Crippen LogP contribution in [-0.2, 0) is 6.54 Å². The lowest BCUT2D eigenvalue weighted by Crippen LogP contribution is -2.33. The van der Waals surface area contributed by atoms with Crippen molar-refractivity contribution in [2.24, 2.45) is 0 Å². The number of hydrogen-bond donors (Lipinski definition) is 2. The minimum atomic E-state index is -0.647. The van der Waals surface area contributed by atoms with E-state index in [0.717, 1.165) is 5.56 Å². The van der Waals surface area contributed by atoms with Crippen LogP contribution in [0.1, 0.15) is 5.56 Å². The predicted molar refractivity (Wildman–Crippen MR) is 68.1 cm³/mol. The van der Waals surface area contributed by atoms with Crippen molar-refractivity contribution in [1.29, 1.82) is 0 Å². The average Bonchev–Trinajstić information content (AvgIpc) is 2.34. The van der Waals surface area contributed by atoms with E-state index in [2.05, 4.69) is 9.97 Å². The summed E-state index contributed by atoms with van der Waals surface area (Å²) in [6.07, 6.45) is 1.74. The van der Waals surface area contributed by atoms with Gasteiger partial charge in [-0.2, -0.15) is 4.98 Å². The van der Waals surface area contributed by atoms with Gasteiger partial charge in [-0.3, -0.25) is 9.55 Å². The fourth-order valence-corrected chi connectivity index (χ4v) is 2.04. The van der Waals surface area contributed by atoms with Gasteiger partial charge in [0.1, 0.15) is 5.75 Å². The second-order valence-electron chi connectivity index (χ2n) is 3.59. The molecule has 0 fully saturated rings. The number of nitrogens with zero attached hydrogens (tertiary/aromatic N) is 2. The molecule has 0 spiro atoms. The normalized spacial score (nSPS) is 10.5. The van der Waals surface area contributed by atoms with E-state index < -0.39 is 11.4 Å². The molecule has 0 amide bonds. The first kappa shape index (κ1) is 12.4. The van der Waals surface area contributed by atoms with Crippen LogP contribution < -0.4 is 11.4 Å². The van der Waals surface area contributed by atoms with Crippen LogP contribution in [0.2, 0.25) is 0 Å². The van der Waals surface area contributed by atoms with Crippen molar-refractivity contribution in [3.05, 3.63) is 50.8 Å². The molecule has 7 heteroatoms. The molecule has 0 aliphatic carbocycles. The van der Waals surface area contributed by atoms with Crippen LogP contribution in [0.5, 0.6) is 5.75 Å². The molecule has 1 aromatic carbocycles. The zero-order valence-electron chi connectivity index (χ0n) is 9.58. The van der Waals surface area contributed by atoms with Gasteiger partial charge in [-0.15, -0.1) is 0 Å². The molecule has 0 unspecified atom stereocenters. The number of benzene rings is 1. The van der Waals surface area contributed by atoms with E-state index in [1.165, 1.54) is 28.5 Å². The maximum absolute atomic E-state index is 11.7. The molecule has 18 heavy (non-hydrogen) atoms. The van der Waals surface area contributed by atoms with Crippen molar-refractivity contribution < 1.29 is 5.11 Å². The van der Waals surface area contributed by atoms with Crippen molar-refractivity contribution in [2.45, 2.75) is 11.7 Å². The SMILES string of the molecule is CSc1nc(=O)[nH]c(=O)n1Cc1ccc(O)cc1. The lowest BCUT2D eigenvalue weighted by molar-refractivity contribution is 0.475. The Morgan fingerprint density at radius 1 is 1.33 bits per heavy atom. The fourth-order valence-electron chi connectivity index (χ4n) is 1.50. The monoisotopic (exact) mass is 265 g/mol. The number of aromatic amines is 1. The van der Waals surface area contributed by atoms with Gasteiger partial charge in [0.25, 0.3) is 0 Å². The third-order valence-corrected chi connectivity index (χ3v) is 3.02. The van der Waals surface area contributed by atoms with Gasteiger partial charge in [0.05, 0.1) is 6.54 Å². The standard InChI is InChI=1S/C11H11N3O3S/c1-18-11-13-9(16)12-10(17)14(11)6-7-2-4-8(15)5-3-7/h2-5,15H,6H2,1H3,(H,12,16,17). The van der Waals surface area contributed by atoms with E-state index in [-0.39, 0.29) is 5.75 Å².